The van der Waals surface area contributed by atoms with Gasteiger partial charge in [-0.05, 0) is 36.4 Å². The van der Waals surface area contributed by atoms with Crippen LogP contribution in [0.25, 0.3) is 16.6 Å². The summed E-state index contributed by atoms with van der Waals surface area (Å²) in [5.74, 6) is -3.00. The van der Waals surface area contributed by atoms with E-state index in [4.69, 9.17) is 19.6 Å². The first-order chi connectivity index (χ1) is 18.6. The maximum Gasteiger partial charge on any atom is 0.411 e. The van der Waals surface area contributed by atoms with Crippen LogP contribution in [0.4, 0.5) is 19.3 Å². The fourth-order valence-corrected chi connectivity index (χ4v) is 6.19. The highest BCUT2D eigenvalue weighted by Crippen LogP contribution is 2.60. The van der Waals surface area contributed by atoms with Crippen molar-refractivity contribution in [3.8, 4) is 5.69 Å². The zero-order valence-corrected chi connectivity index (χ0v) is 21.9. The number of ether oxygens (including phenoxy) is 1. The lowest BCUT2D eigenvalue weighted by Gasteiger charge is -2.36. The van der Waals surface area contributed by atoms with Crippen LogP contribution in [0.2, 0.25) is 0 Å². The third-order valence-electron chi connectivity index (χ3n) is 6.07. The van der Waals surface area contributed by atoms with E-state index >= 15 is 4.39 Å². The van der Waals surface area contributed by atoms with Gasteiger partial charge in [0.15, 0.2) is 0 Å². The minimum absolute atomic E-state index is 0.0397. The second kappa shape index (κ2) is 10.7. The molecule has 0 unspecified atom stereocenters. The molecular weight excluding hydrogens is 582 g/mol. The third-order valence-corrected chi connectivity index (χ3v) is 9.23. The summed E-state index contributed by atoms with van der Waals surface area (Å²) in [5, 5.41) is 9.22. The predicted octanol–water partition coefficient (Wildman–Crippen LogP) is 1.86. The molecule has 0 aliphatic carbocycles. The highest BCUT2D eigenvalue weighted by Gasteiger charge is 2.47. The number of carboxylic acids is 1. The molecule has 2 heterocycles. The van der Waals surface area contributed by atoms with E-state index < -0.39 is 55.5 Å². The van der Waals surface area contributed by atoms with Gasteiger partial charge in [0, 0.05) is 43.4 Å². The van der Waals surface area contributed by atoms with Gasteiger partial charge < -0.3 is 43.8 Å². The number of halogens is 2. The highest BCUT2D eigenvalue weighted by molar-refractivity contribution is 7.70. The van der Waals surface area contributed by atoms with Gasteiger partial charge in [0.25, 0.3) is 0 Å². The Hall–Kier alpha value is -3.65. The summed E-state index contributed by atoms with van der Waals surface area (Å²) in [6.07, 6.45) is -0.365. The molecule has 1 saturated heterocycles. The van der Waals surface area contributed by atoms with E-state index in [1.807, 2.05) is 0 Å². The largest absolute Gasteiger partial charge is 0.477 e. The van der Waals surface area contributed by atoms with Gasteiger partial charge in [0.05, 0.1) is 11.2 Å². The molecule has 3 aromatic rings. The van der Waals surface area contributed by atoms with Crippen LogP contribution in [-0.2, 0) is 13.9 Å². The molecule has 5 N–H and O–H groups in total. The van der Waals surface area contributed by atoms with Gasteiger partial charge in [-0.15, -0.1) is 0 Å². The van der Waals surface area contributed by atoms with E-state index in [2.05, 4.69) is 4.74 Å². The Kier molecular flexibility index (Phi) is 7.87. The topological polar surface area (TPSA) is 207 Å². The number of rotatable bonds is 6. The standard InChI is InChI=1S/C22H21F2N3O11P2/c23-12-1-3-13(4-2-12)27-11-15(20(29)30)19(28)14-9-16(24)18(10-17(14)27)25-5-7-26(8-6-25)21(31)38-22(39(32,33)34)40(35,36)37/h1-4,9-11,22H,5-8H2,(H,29,30)(H2,32,33,34)(H2,35,36,37). The number of aromatic carboxylic acids is 1. The number of anilines is 1. The molecule has 40 heavy (non-hydrogen) atoms. The summed E-state index contributed by atoms with van der Waals surface area (Å²) in [6.45, 7) is -0.536. The summed E-state index contributed by atoms with van der Waals surface area (Å²) >= 11 is 0. The van der Waals surface area contributed by atoms with Crippen molar-refractivity contribution in [1.29, 1.82) is 0 Å². The Morgan fingerprint density at radius 1 is 0.925 bits per heavy atom. The van der Waals surface area contributed by atoms with Crippen LogP contribution >= 0.6 is 15.2 Å². The first kappa shape index (κ1) is 29.3. The van der Waals surface area contributed by atoms with Crippen LogP contribution in [0.5, 0.6) is 0 Å². The van der Waals surface area contributed by atoms with Gasteiger partial charge in [0.2, 0.25) is 5.43 Å². The minimum Gasteiger partial charge on any atom is -0.477 e. The van der Waals surface area contributed by atoms with E-state index in [0.717, 1.165) is 29.3 Å². The van der Waals surface area contributed by atoms with E-state index in [0.29, 0.717) is 0 Å². The van der Waals surface area contributed by atoms with Crippen molar-refractivity contribution >= 4 is 43.8 Å². The number of carboxylic acid groups (broad SMARTS) is 1. The fourth-order valence-electron chi connectivity index (χ4n) is 4.17. The summed E-state index contributed by atoms with van der Waals surface area (Å²) in [4.78, 5) is 75.8. The molecule has 1 aliphatic heterocycles. The number of piperazine rings is 1. The lowest BCUT2D eigenvalue weighted by Crippen LogP contribution is -2.49. The van der Waals surface area contributed by atoms with E-state index in [1.54, 1.807) is 0 Å². The maximum absolute atomic E-state index is 15.2. The van der Waals surface area contributed by atoms with Crippen molar-refractivity contribution in [3.05, 3.63) is 70.0 Å². The third kappa shape index (κ3) is 5.92. The molecule has 4 rings (SSSR count). The molecule has 214 valence electrons. The molecule has 1 aromatic heterocycles. The Labute approximate surface area is 222 Å². The van der Waals surface area contributed by atoms with Gasteiger partial charge in [-0.3, -0.25) is 13.9 Å². The molecule has 2 aromatic carbocycles. The predicted molar refractivity (Wildman–Crippen MR) is 135 cm³/mol. The second-order valence-corrected chi connectivity index (χ2v) is 12.4. The molecular formula is C22H21F2N3O11P2. The van der Waals surface area contributed by atoms with Crippen molar-refractivity contribution in [1.82, 2.24) is 9.47 Å². The average molecular weight is 603 g/mol. The lowest BCUT2D eigenvalue weighted by molar-refractivity contribution is 0.0695. The van der Waals surface area contributed by atoms with Gasteiger partial charge in [-0.2, -0.15) is 0 Å². The molecule has 1 aliphatic rings. The lowest BCUT2D eigenvalue weighted by atomic mass is 10.1. The number of carbonyl (C=O) groups excluding carboxylic acids is 1. The molecule has 1 amide bonds. The highest BCUT2D eigenvalue weighted by atomic mass is 31.2. The van der Waals surface area contributed by atoms with E-state index in [-0.39, 0.29) is 48.5 Å². The molecule has 1 fully saturated rings. The van der Waals surface area contributed by atoms with E-state index in [1.165, 1.54) is 27.7 Å². The quantitative estimate of drug-likeness (QED) is 0.256. The molecule has 18 heteroatoms. The van der Waals surface area contributed by atoms with Crippen molar-refractivity contribution in [2.75, 3.05) is 31.1 Å². The zero-order valence-electron chi connectivity index (χ0n) is 20.1. The zero-order chi connectivity index (χ0) is 29.6. The summed E-state index contributed by atoms with van der Waals surface area (Å²) in [7, 11) is -11.0. The summed E-state index contributed by atoms with van der Waals surface area (Å²) in [6, 6.07) is 7.05. The van der Waals surface area contributed by atoms with Crippen molar-refractivity contribution < 1.29 is 56.9 Å². The number of carbonyl (C=O) groups is 2. The number of hydrogen-bond acceptors (Lipinski definition) is 7. The Morgan fingerprint density at radius 3 is 2.02 bits per heavy atom. The van der Waals surface area contributed by atoms with Gasteiger partial charge in [-0.25, -0.2) is 18.4 Å². The maximum atomic E-state index is 15.2. The average Bonchev–Trinajstić information content (AvgIpc) is 2.86. The van der Waals surface area contributed by atoms with Crippen LogP contribution in [0, 0.1) is 11.6 Å². The molecule has 0 bridgehead atoms. The summed E-state index contributed by atoms with van der Waals surface area (Å²) in [5.41, 5.74) is -4.22. The SMILES string of the molecule is O=C(O)c1cn(-c2ccc(F)cc2)c2cc(N3CCN(C(=O)OC(P(=O)(O)O)P(=O)(O)O)CC3)c(F)cc2c1=O. The molecule has 0 radical (unpaired) electrons. The fraction of sp³-hybridized carbons (Fsp3) is 0.227. The van der Waals surface area contributed by atoms with Crippen LogP contribution in [0.15, 0.2) is 47.4 Å². The monoisotopic (exact) mass is 603 g/mol. The number of fused-ring (bicyclic) bond motifs is 1. The molecule has 0 saturated carbocycles. The normalized spacial score (nSPS) is 14.6. The van der Waals surface area contributed by atoms with Crippen LogP contribution in [-0.4, -0.2) is 78.0 Å². The number of benzene rings is 2. The van der Waals surface area contributed by atoms with Crippen molar-refractivity contribution in [2.24, 2.45) is 0 Å². The molecule has 0 spiro atoms. The molecule has 14 nitrogen and oxygen atoms in total. The van der Waals surface area contributed by atoms with Crippen molar-refractivity contribution in [2.45, 2.75) is 5.59 Å². The number of amides is 1. The van der Waals surface area contributed by atoms with Crippen molar-refractivity contribution in [3.63, 3.8) is 0 Å². The molecule has 0 atom stereocenters. The smallest absolute Gasteiger partial charge is 0.411 e. The van der Waals surface area contributed by atoms with E-state index in [9.17, 15) is 33.0 Å². The van der Waals surface area contributed by atoms with Crippen LogP contribution in [0.3, 0.4) is 0 Å². The number of nitrogens with zero attached hydrogens (tertiary/aromatic N) is 3. The Bertz CT molecular complexity index is 1620. The van der Waals surface area contributed by atoms with Crippen LogP contribution < -0.4 is 10.3 Å². The van der Waals surface area contributed by atoms with Gasteiger partial charge >= 0.3 is 32.8 Å². The van der Waals surface area contributed by atoms with Gasteiger partial charge in [-0.1, -0.05) is 0 Å². The second-order valence-electron chi connectivity index (χ2n) is 8.71. The first-order valence-electron chi connectivity index (χ1n) is 11.3. The Balaban J connectivity index is 1.65. The van der Waals surface area contributed by atoms with Crippen LogP contribution in [0.1, 0.15) is 10.4 Å². The summed E-state index contributed by atoms with van der Waals surface area (Å²) < 4.78 is 57.2. The minimum atomic E-state index is -5.52. The Morgan fingerprint density at radius 2 is 1.50 bits per heavy atom. The first-order valence-corrected chi connectivity index (χ1v) is 14.6. The number of hydrogen-bond donors (Lipinski definition) is 5. The number of pyridine rings is 1. The number of aromatic nitrogens is 1. The van der Waals surface area contributed by atoms with Gasteiger partial charge in [0.1, 0.15) is 17.2 Å².